The topological polar surface area (TPSA) is 85.1 Å². The molecule has 0 bridgehead atoms. The summed E-state index contributed by atoms with van der Waals surface area (Å²) in [7, 11) is -3.29. The van der Waals surface area contributed by atoms with Gasteiger partial charge in [-0.05, 0) is 75.7 Å². The Morgan fingerprint density at radius 2 is 1.72 bits per heavy atom. The van der Waals surface area contributed by atoms with Crippen LogP contribution in [-0.4, -0.2) is 34.5 Å². The van der Waals surface area contributed by atoms with Crippen molar-refractivity contribution in [1.29, 1.82) is 0 Å². The summed E-state index contributed by atoms with van der Waals surface area (Å²) in [5.74, 6) is 0. The fourth-order valence-corrected chi connectivity index (χ4v) is 5.12. The van der Waals surface area contributed by atoms with E-state index < -0.39 is 15.4 Å². The van der Waals surface area contributed by atoms with Gasteiger partial charge >= 0.3 is 0 Å². The summed E-state index contributed by atoms with van der Waals surface area (Å²) < 4.78 is 25.7. The molecule has 3 heterocycles. The first kappa shape index (κ1) is 22.4. The van der Waals surface area contributed by atoms with Crippen LogP contribution in [0.25, 0.3) is 26.7 Å². The van der Waals surface area contributed by atoms with E-state index in [1.807, 2.05) is 54.9 Å². The molecule has 0 fully saturated rings. The van der Waals surface area contributed by atoms with Crippen LogP contribution < -0.4 is 0 Å². The molecule has 0 saturated heterocycles. The van der Waals surface area contributed by atoms with Gasteiger partial charge in [-0.2, -0.15) is 5.10 Å². The predicted octanol–water partition coefficient (Wildman–Crippen LogP) is 4.91. The van der Waals surface area contributed by atoms with Crippen molar-refractivity contribution >= 4 is 21.2 Å². The summed E-state index contributed by atoms with van der Waals surface area (Å²) in [5.41, 5.74) is 3.74. The highest BCUT2D eigenvalue weighted by molar-refractivity contribution is 7.90. The average Bonchev–Trinajstić information content (AvgIpc) is 3.34. The van der Waals surface area contributed by atoms with Gasteiger partial charge in [-0.1, -0.05) is 12.1 Å². The van der Waals surface area contributed by atoms with Gasteiger partial charge in [0.25, 0.3) is 0 Å². The van der Waals surface area contributed by atoms with Crippen molar-refractivity contribution < 1.29 is 13.5 Å². The zero-order valence-corrected chi connectivity index (χ0v) is 20.3. The summed E-state index contributed by atoms with van der Waals surface area (Å²) in [6.07, 6.45) is 1.21. The van der Waals surface area contributed by atoms with Gasteiger partial charge in [0.15, 0.2) is 9.84 Å². The number of pyridine rings is 1. The first-order valence-corrected chi connectivity index (χ1v) is 12.8. The minimum Gasteiger partial charge on any atom is -0.384 e. The molecular weight excluding hydrogens is 442 g/mol. The Morgan fingerprint density at radius 3 is 2.38 bits per heavy atom. The van der Waals surface area contributed by atoms with E-state index in [1.54, 1.807) is 43.4 Å². The third-order valence-electron chi connectivity index (χ3n) is 5.17. The smallest absolute Gasteiger partial charge is 0.175 e. The maximum absolute atomic E-state index is 12.0. The largest absolute Gasteiger partial charge is 0.384 e. The quantitative estimate of drug-likeness (QED) is 0.451. The molecule has 0 unspecified atom stereocenters. The number of aromatic nitrogens is 3. The molecular formula is C24H25N3O3S2. The summed E-state index contributed by atoms with van der Waals surface area (Å²) >= 11 is 1.54. The van der Waals surface area contributed by atoms with E-state index in [4.69, 9.17) is 5.10 Å². The molecule has 8 heteroatoms. The van der Waals surface area contributed by atoms with Gasteiger partial charge in [-0.15, -0.1) is 11.3 Å². The molecule has 166 valence electrons. The lowest BCUT2D eigenvalue weighted by Gasteiger charge is -2.13. The van der Waals surface area contributed by atoms with Crippen molar-refractivity contribution in [2.75, 3.05) is 6.26 Å². The van der Waals surface area contributed by atoms with E-state index in [-0.39, 0.29) is 0 Å². The Bertz CT molecular complexity index is 1410. The van der Waals surface area contributed by atoms with Gasteiger partial charge in [0.1, 0.15) is 5.60 Å². The van der Waals surface area contributed by atoms with Crippen LogP contribution in [0.15, 0.2) is 59.5 Å². The SMILES string of the molecule is Cc1ccc(-n2nc(C(C)(C)O)cc2-c2ccc(-c3cccc(S(C)(=O)=O)c3)s2)c(C)n1. The highest BCUT2D eigenvalue weighted by Gasteiger charge is 2.24. The number of nitrogens with zero attached hydrogens (tertiary/aromatic N) is 3. The summed E-state index contributed by atoms with van der Waals surface area (Å²) in [5, 5.41) is 15.3. The van der Waals surface area contributed by atoms with Gasteiger partial charge in [-0.25, -0.2) is 13.1 Å². The lowest BCUT2D eigenvalue weighted by atomic mass is 10.1. The third-order valence-corrected chi connectivity index (χ3v) is 7.43. The van der Waals surface area contributed by atoms with E-state index >= 15 is 0 Å². The second kappa shape index (κ2) is 7.95. The molecule has 4 aromatic rings. The standard InChI is InChI=1S/C24H25N3O3S2/c1-15-9-10-19(16(2)25-15)27-20(14-23(26-27)24(3,4)28)22-12-11-21(31-22)17-7-6-8-18(13-17)32(5,29)30/h6-14,28H,1-5H3. The fraction of sp³-hybridized carbons (Fsp3) is 0.250. The molecule has 1 N–H and O–H groups in total. The molecule has 0 spiro atoms. The van der Waals surface area contributed by atoms with Gasteiger partial charge in [0, 0.05) is 16.8 Å². The first-order valence-electron chi connectivity index (χ1n) is 10.1. The molecule has 4 rings (SSSR count). The van der Waals surface area contributed by atoms with Crippen molar-refractivity contribution in [3.8, 4) is 26.7 Å². The van der Waals surface area contributed by atoms with E-state index in [0.29, 0.717) is 10.6 Å². The number of thiophene rings is 1. The van der Waals surface area contributed by atoms with Crippen LogP contribution in [-0.2, 0) is 15.4 Å². The van der Waals surface area contributed by atoms with Crippen LogP contribution in [0, 0.1) is 13.8 Å². The first-order chi connectivity index (χ1) is 14.9. The summed E-state index contributed by atoms with van der Waals surface area (Å²) in [6, 6.07) is 16.7. The lowest BCUT2D eigenvalue weighted by Crippen LogP contribution is -2.16. The highest BCUT2D eigenvalue weighted by Crippen LogP contribution is 2.37. The lowest BCUT2D eigenvalue weighted by molar-refractivity contribution is 0.0734. The van der Waals surface area contributed by atoms with Crippen molar-refractivity contribution in [3.63, 3.8) is 0 Å². The molecule has 0 aliphatic carbocycles. The molecule has 1 aromatic carbocycles. The van der Waals surface area contributed by atoms with Crippen LogP contribution in [0.5, 0.6) is 0 Å². The number of aliphatic hydroxyl groups is 1. The second-order valence-corrected chi connectivity index (χ2v) is 11.5. The second-order valence-electron chi connectivity index (χ2n) is 8.41. The maximum atomic E-state index is 12.0. The zero-order valence-electron chi connectivity index (χ0n) is 18.6. The van der Waals surface area contributed by atoms with Gasteiger partial charge in [0.2, 0.25) is 0 Å². The van der Waals surface area contributed by atoms with Crippen molar-refractivity contribution in [1.82, 2.24) is 14.8 Å². The van der Waals surface area contributed by atoms with Gasteiger partial charge in [0.05, 0.1) is 32.5 Å². The van der Waals surface area contributed by atoms with E-state index in [9.17, 15) is 13.5 Å². The highest BCUT2D eigenvalue weighted by atomic mass is 32.2. The minimum absolute atomic E-state index is 0.292. The van der Waals surface area contributed by atoms with E-state index in [0.717, 1.165) is 38.1 Å². The molecule has 32 heavy (non-hydrogen) atoms. The fourth-order valence-electron chi connectivity index (χ4n) is 3.45. The van der Waals surface area contributed by atoms with Crippen LogP contribution in [0.4, 0.5) is 0 Å². The molecule has 0 aliphatic rings. The van der Waals surface area contributed by atoms with Crippen molar-refractivity contribution in [3.05, 3.63) is 71.7 Å². The Kier molecular flexibility index (Phi) is 5.56. The Morgan fingerprint density at radius 1 is 1.00 bits per heavy atom. The number of rotatable bonds is 5. The Hall–Kier alpha value is -2.81. The van der Waals surface area contributed by atoms with Gasteiger partial charge in [-0.3, -0.25) is 4.98 Å². The summed E-state index contributed by atoms with van der Waals surface area (Å²) in [6.45, 7) is 7.30. The predicted molar refractivity (Wildman–Crippen MR) is 128 cm³/mol. The Balaban J connectivity index is 1.85. The summed E-state index contributed by atoms with van der Waals surface area (Å²) in [4.78, 5) is 6.75. The number of hydrogen-bond donors (Lipinski definition) is 1. The minimum atomic E-state index is -3.29. The van der Waals surface area contributed by atoms with Crippen molar-refractivity contribution in [2.24, 2.45) is 0 Å². The monoisotopic (exact) mass is 467 g/mol. The van der Waals surface area contributed by atoms with E-state index in [1.165, 1.54) is 6.26 Å². The van der Waals surface area contributed by atoms with E-state index in [2.05, 4.69) is 4.98 Å². The molecule has 0 amide bonds. The number of hydrogen-bond acceptors (Lipinski definition) is 6. The van der Waals surface area contributed by atoms with Gasteiger partial charge < -0.3 is 5.11 Å². The maximum Gasteiger partial charge on any atom is 0.175 e. The normalized spacial score (nSPS) is 12.3. The molecule has 0 atom stereocenters. The van der Waals surface area contributed by atoms with Crippen molar-refractivity contribution in [2.45, 2.75) is 38.2 Å². The van der Waals surface area contributed by atoms with Crippen LogP contribution in [0.3, 0.4) is 0 Å². The van der Waals surface area contributed by atoms with Crippen LogP contribution >= 0.6 is 11.3 Å². The number of benzene rings is 1. The molecule has 0 aliphatic heterocycles. The molecule has 3 aromatic heterocycles. The molecule has 0 saturated carbocycles. The zero-order chi connectivity index (χ0) is 23.3. The molecule has 0 radical (unpaired) electrons. The number of aryl methyl sites for hydroxylation is 2. The molecule has 6 nitrogen and oxygen atoms in total. The average molecular weight is 468 g/mol. The van der Waals surface area contributed by atoms with Crippen LogP contribution in [0.2, 0.25) is 0 Å². The van der Waals surface area contributed by atoms with Crippen LogP contribution in [0.1, 0.15) is 30.9 Å². The Labute approximate surface area is 192 Å². The number of sulfone groups is 1. The third kappa shape index (κ3) is 4.39.